The average molecular weight is 354 g/mol. The van der Waals surface area contributed by atoms with Crippen molar-refractivity contribution < 1.29 is 4.79 Å². The van der Waals surface area contributed by atoms with Gasteiger partial charge in [0.05, 0.1) is 11.6 Å². The van der Waals surface area contributed by atoms with Crippen LogP contribution in [0.4, 0.5) is 5.69 Å². The molecular weight excluding hydrogens is 322 g/mol. The van der Waals surface area contributed by atoms with Gasteiger partial charge >= 0.3 is 0 Å². The molecule has 5 rings (SSSR count). The van der Waals surface area contributed by atoms with E-state index in [4.69, 9.17) is 0 Å². The van der Waals surface area contributed by atoms with E-state index in [-0.39, 0.29) is 11.3 Å². The first-order valence-electron chi connectivity index (χ1n) is 10.3. The number of carbonyl (C=O) groups excluding carboxylic acids is 1. The molecule has 4 aliphatic carbocycles. The molecule has 1 aromatic rings. The van der Waals surface area contributed by atoms with Gasteiger partial charge in [0.25, 0.3) is 0 Å². The minimum atomic E-state index is -0.126. The van der Waals surface area contributed by atoms with Crippen molar-refractivity contribution in [2.75, 3.05) is 18.0 Å². The Labute approximate surface area is 157 Å². The number of hydrazone groups is 1. The maximum atomic E-state index is 12.9. The first-order chi connectivity index (χ1) is 12.6. The SMILES string of the molecule is CCN(CC)c1ccc(/C=N\NC(=O)C23CC4CC(CC(C4)C2)C3)cc1. The summed E-state index contributed by atoms with van der Waals surface area (Å²) in [6.07, 6.45) is 9.08. The van der Waals surface area contributed by atoms with Crippen LogP contribution in [0.5, 0.6) is 0 Å². The van der Waals surface area contributed by atoms with Crippen LogP contribution in [-0.4, -0.2) is 25.2 Å². The molecule has 0 radical (unpaired) electrons. The number of amides is 1. The van der Waals surface area contributed by atoms with Gasteiger partial charge < -0.3 is 4.90 Å². The molecule has 4 heteroatoms. The van der Waals surface area contributed by atoms with Crippen LogP contribution in [0.25, 0.3) is 0 Å². The molecule has 1 N–H and O–H groups in total. The number of hydrogen-bond donors (Lipinski definition) is 1. The van der Waals surface area contributed by atoms with Crippen LogP contribution >= 0.6 is 0 Å². The summed E-state index contributed by atoms with van der Waals surface area (Å²) >= 11 is 0. The van der Waals surface area contributed by atoms with E-state index < -0.39 is 0 Å². The zero-order valence-corrected chi connectivity index (χ0v) is 16.1. The van der Waals surface area contributed by atoms with Gasteiger partial charge in [0.1, 0.15) is 0 Å². The van der Waals surface area contributed by atoms with Crippen LogP contribution in [0.15, 0.2) is 29.4 Å². The summed E-state index contributed by atoms with van der Waals surface area (Å²) < 4.78 is 0. The normalized spacial score (nSPS) is 32.2. The first kappa shape index (κ1) is 17.6. The highest BCUT2D eigenvalue weighted by atomic mass is 16.2. The maximum Gasteiger partial charge on any atom is 0.246 e. The Bertz CT molecular complexity index is 640. The molecule has 1 amide bonds. The largest absolute Gasteiger partial charge is 0.372 e. The molecule has 4 fully saturated rings. The molecule has 4 aliphatic rings. The van der Waals surface area contributed by atoms with E-state index in [1.165, 1.54) is 24.9 Å². The molecule has 140 valence electrons. The quantitative estimate of drug-likeness (QED) is 0.615. The molecule has 0 aromatic heterocycles. The van der Waals surface area contributed by atoms with Gasteiger partial charge in [-0.05, 0) is 87.8 Å². The summed E-state index contributed by atoms with van der Waals surface area (Å²) in [4.78, 5) is 15.2. The standard InChI is InChI=1S/C22H31N3O/c1-3-25(4-2)20-7-5-16(6-8-20)15-23-24-21(26)22-12-17-9-18(13-22)11-19(10-17)14-22/h5-8,15,17-19H,3-4,9-14H2,1-2H3,(H,24,26)/b23-15-. The number of benzene rings is 1. The zero-order valence-electron chi connectivity index (χ0n) is 16.1. The van der Waals surface area contributed by atoms with Crippen LogP contribution < -0.4 is 10.3 Å². The molecule has 0 spiro atoms. The molecule has 1 aromatic carbocycles. The van der Waals surface area contributed by atoms with Crippen molar-refractivity contribution >= 4 is 17.8 Å². The Balaban J connectivity index is 1.37. The Morgan fingerprint density at radius 3 is 2.12 bits per heavy atom. The minimum absolute atomic E-state index is 0.126. The number of anilines is 1. The van der Waals surface area contributed by atoms with Crippen LogP contribution in [0.2, 0.25) is 0 Å². The summed E-state index contributed by atoms with van der Waals surface area (Å²) in [7, 11) is 0. The van der Waals surface area contributed by atoms with Gasteiger partial charge in [-0.3, -0.25) is 4.79 Å². The van der Waals surface area contributed by atoms with Crippen LogP contribution in [0.1, 0.15) is 57.9 Å². The van der Waals surface area contributed by atoms with Crippen molar-refractivity contribution in [1.82, 2.24) is 5.43 Å². The van der Waals surface area contributed by atoms with Gasteiger partial charge in [-0.1, -0.05) is 12.1 Å². The Morgan fingerprint density at radius 2 is 1.62 bits per heavy atom. The topological polar surface area (TPSA) is 44.7 Å². The average Bonchev–Trinajstić information content (AvgIpc) is 2.63. The number of rotatable bonds is 6. The van der Waals surface area contributed by atoms with E-state index in [0.29, 0.717) is 0 Å². The lowest BCUT2D eigenvalue weighted by Crippen LogP contribution is -2.52. The third-order valence-corrected chi connectivity index (χ3v) is 6.92. The van der Waals surface area contributed by atoms with E-state index in [9.17, 15) is 4.79 Å². The smallest absolute Gasteiger partial charge is 0.246 e. The summed E-state index contributed by atoms with van der Waals surface area (Å²) in [5, 5.41) is 4.28. The van der Waals surface area contributed by atoms with Crippen molar-refractivity contribution in [2.24, 2.45) is 28.3 Å². The predicted octanol–water partition coefficient (Wildman–Crippen LogP) is 4.20. The lowest BCUT2D eigenvalue weighted by atomic mass is 9.49. The summed E-state index contributed by atoms with van der Waals surface area (Å²) in [6, 6.07) is 8.37. The first-order valence-corrected chi connectivity index (χ1v) is 10.3. The molecule has 4 bridgehead atoms. The number of nitrogens with zero attached hydrogens (tertiary/aromatic N) is 2. The monoisotopic (exact) mass is 353 g/mol. The number of carbonyl (C=O) groups is 1. The third kappa shape index (κ3) is 3.26. The predicted molar refractivity (Wildman–Crippen MR) is 106 cm³/mol. The molecular formula is C22H31N3O. The second-order valence-corrected chi connectivity index (χ2v) is 8.66. The lowest BCUT2D eigenvalue weighted by Gasteiger charge is -2.55. The van der Waals surface area contributed by atoms with Gasteiger partial charge in [0.15, 0.2) is 0 Å². The minimum Gasteiger partial charge on any atom is -0.372 e. The number of nitrogens with one attached hydrogen (secondary N) is 1. The van der Waals surface area contributed by atoms with Gasteiger partial charge in [0.2, 0.25) is 5.91 Å². The summed E-state index contributed by atoms with van der Waals surface area (Å²) in [5.74, 6) is 2.50. The van der Waals surface area contributed by atoms with Crippen LogP contribution in [0, 0.1) is 23.2 Å². The summed E-state index contributed by atoms with van der Waals surface area (Å²) in [5.41, 5.74) is 4.99. The van der Waals surface area contributed by atoms with E-state index in [1.807, 2.05) is 0 Å². The van der Waals surface area contributed by atoms with E-state index in [1.54, 1.807) is 6.21 Å². The molecule has 0 heterocycles. The lowest BCUT2D eigenvalue weighted by molar-refractivity contribution is -0.146. The van der Waals surface area contributed by atoms with Crippen molar-refractivity contribution in [3.8, 4) is 0 Å². The zero-order chi connectivity index (χ0) is 18.1. The fraction of sp³-hybridized carbons (Fsp3) is 0.636. The van der Waals surface area contributed by atoms with Crippen molar-refractivity contribution in [3.63, 3.8) is 0 Å². The second-order valence-electron chi connectivity index (χ2n) is 8.66. The van der Waals surface area contributed by atoms with Gasteiger partial charge in [-0.2, -0.15) is 5.10 Å². The Kier molecular flexibility index (Phi) is 4.76. The molecule has 0 aliphatic heterocycles. The molecule has 4 nitrogen and oxygen atoms in total. The van der Waals surface area contributed by atoms with Crippen molar-refractivity contribution in [2.45, 2.75) is 52.4 Å². The molecule has 0 unspecified atom stereocenters. The van der Waals surface area contributed by atoms with E-state index >= 15 is 0 Å². The van der Waals surface area contributed by atoms with Crippen LogP contribution in [-0.2, 0) is 4.79 Å². The highest BCUT2D eigenvalue weighted by molar-refractivity contribution is 5.86. The van der Waals surface area contributed by atoms with Crippen LogP contribution in [0.3, 0.4) is 0 Å². The third-order valence-electron chi connectivity index (χ3n) is 6.92. The van der Waals surface area contributed by atoms with Gasteiger partial charge in [-0.25, -0.2) is 5.43 Å². The maximum absolute atomic E-state index is 12.9. The molecule has 4 saturated carbocycles. The van der Waals surface area contributed by atoms with Gasteiger partial charge in [0, 0.05) is 18.8 Å². The van der Waals surface area contributed by atoms with Crippen molar-refractivity contribution in [1.29, 1.82) is 0 Å². The Hall–Kier alpha value is -1.84. The van der Waals surface area contributed by atoms with Gasteiger partial charge in [-0.15, -0.1) is 0 Å². The summed E-state index contributed by atoms with van der Waals surface area (Å²) in [6.45, 7) is 6.34. The fourth-order valence-electron chi connectivity index (χ4n) is 6.03. The van der Waals surface area contributed by atoms with Crippen molar-refractivity contribution in [3.05, 3.63) is 29.8 Å². The second kappa shape index (κ2) is 7.05. The molecule has 0 atom stereocenters. The fourth-order valence-corrected chi connectivity index (χ4v) is 6.03. The van der Waals surface area contributed by atoms with E-state index in [2.05, 4.69) is 53.5 Å². The molecule has 26 heavy (non-hydrogen) atoms. The Morgan fingerprint density at radius 1 is 1.08 bits per heavy atom. The highest BCUT2D eigenvalue weighted by Gasteiger charge is 2.54. The molecule has 0 saturated heterocycles. The van der Waals surface area contributed by atoms with E-state index in [0.717, 1.165) is 55.7 Å². The highest BCUT2D eigenvalue weighted by Crippen LogP contribution is 2.60. The number of hydrogen-bond acceptors (Lipinski definition) is 3.